The lowest BCUT2D eigenvalue weighted by Gasteiger charge is -2.08. The fourth-order valence-corrected chi connectivity index (χ4v) is 2.38. The number of rotatable bonds is 3. The first-order chi connectivity index (χ1) is 10.9. The van der Waals surface area contributed by atoms with Crippen LogP contribution in [0.25, 0.3) is 22.8 Å². The van der Waals surface area contributed by atoms with Crippen molar-refractivity contribution in [3.63, 3.8) is 0 Å². The number of nitrogens with zero attached hydrogens (tertiary/aromatic N) is 2. The molecule has 0 atom stereocenters. The van der Waals surface area contributed by atoms with Crippen LogP contribution in [0.5, 0.6) is 0 Å². The van der Waals surface area contributed by atoms with E-state index in [4.69, 9.17) is 0 Å². The minimum absolute atomic E-state index is 0.644. The summed E-state index contributed by atoms with van der Waals surface area (Å²) in [6.07, 6.45) is 5.47. The van der Waals surface area contributed by atoms with E-state index in [-0.39, 0.29) is 0 Å². The maximum Gasteiger partial charge on any atom is 0.0998 e. The van der Waals surface area contributed by atoms with Crippen molar-refractivity contribution < 1.29 is 0 Å². The predicted octanol–water partition coefficient (Wildman–Crippen LogP) is 4.81. The summed E-state index contributed by atoms with van der Waals surface area (Å²) in [5, 5.41) is 9.58. The second-order valence-electron chi connectivity index (χ2n) is 4.87. The van der Waals surface area contributed by atoms with Gasteiger partial charge in [-0.3, -0.25) is 4.98 Å². The van der Waals surface area contributed by atoms with E-state index in [1.165, 1.54) is 0 Å². The first kappa shape index (κ1) is 13.8. The number of pyridine rings is 1. The molecule has 2 nitrogen and oxygen atoms in total. The summed E-state index contributed by atoms with van der Waals surface area (Å²) in [5.41, 5.74) is 4.60. The zero-order chi connectivity index (χ0) is 15.2. The smallest absolute Gasteiger partial charge is 0.0998 e. The Morgan fingerprint density at radius 2 is 1.68 bits per heavy atom. The Morgan fingerprint density at radius 3 is 2.41 bits per heavy atom. The van der Waals surface area contributed by atoms with Crippen LogP contribution in [0.4, 0.5) is 0 Å². The highest BCUT2D eigenvalue weighted by Crippen LogP contribution is 2.29. The van der Waals surface area contributed by atoms with Crippen molar-refractivity contribution in [3.05, 3.63) is 90.3 Å². The minimum Gasteiger partial charge on any atom is -0.264 e. The molecule has 1 aromatic heterocycles. The molecule has 22 heavy (non-hydrogen) atoms. The quantitative estimate of drug-likeness (QED) is 0.510. The molecule has 2 heteroatoms. The van der Waals surface area contributed by atoms with Gasteiger partial charge < -0.3 is 0 Å². The van der Waals surface area contributed by atoms with E-state index in [0.29, 0.717) is 5.57 Å². The Kier molecular flexibility index (Phi) is 4.08. The van der Waals surface area contributed by atoms with Crippen LogP contribution in [0.1, 0.15) is 11.1 Å². The summed E-state index contributed by atoms with van der Waals surface area (Å²) in [7, 11) is 0. The summed E-state index contributed by atoms with van der Waals surface area (Å²) in [6.45, 7) is 0. The topological polar surface area (TPSA) is 36.7 Å². The highest BCUT2D eigenvalue weighted by atomic mass is 14.6. The molecule has 0 unspecified atom stereocenters. The molecule has 1 heterocycles. The highest BCUT2D eigenvalue weighted by molar-refractivity contribution is 5.95. The molecule has 3 aromatic rings. The lowest BCUT2D eigenvalue weighted by atomic mass is 9.95. The molecule has 0 bridgehead atoms. The monoisotopic (exact) mass is 282 g/mol. The standard InChI is InChI=1S/C20H14N2/c21-14-18(13-16-7-2-1-3-8-16)20-11-5-4-10-19(20)17-9-6-12-22-15-17/h1-13,15H. The van der Waals surface area contributed by atoms with Gasteiger partial charge in [-0.2, -0.15) is 5.26 Å². The van der Waals surface area contributed by atoms with E-state index in [1.807, 2.05) is 79.0 Å². The van der Waals surface area contributed by atoms with Gasteiger partial charge in [0.15, 0.2) is 0 Å². The van der Waals surface area contributed by atoms with E-state index in [1.54, 1.807) is 6.20 Å². The van der Waals surface area contributed by atoms with E-state index in [9.17, 15) is 5.26 Å². The molecule has 0 aliphatic heterocycles. The van der Waals surface area contributed by atoms with Crippen molar-refractivity contribution in [2.75, 3.05) is 0 Å². The summed E-state index contributed by atoms with van der Waals surface area (Å²) < 4.78 is 0. The third-order valence-corrected chi connectivity index (χ3v) is 3.42. The first-order valence-corrected chi connectivity index (χ1v) is 7.05. The average Bonchev–Trinajstić information content (AvgIpc) is 2.61. The van der Waals surface area contributed by atoms with Gasteiger partial charge in [0.1, 0.15) is 0 Å². The van der Waals surface area contributed by atoms with E-state index >= 15 is 0 Å². The molecule has 0 spiro atoms. The fraction of sp³-hybridized carbons (Fsp3) is 0. The molecule has 2 aromatic carbocycles. The molecule has 0 fully saturated rings. The zero-order valence-electron chi connectivity index (χ0n) is 12.0. The fourth-order valence-electron chi connectivity index (χ4n) is 2.38. The van der Waals surface area contributed by atoms with Crippen molar-refractivity contribution >= 4 is 11.6 Å². The molecule has 0 aliphatic carbocycles. The van der Waals surface area contributed by atoms with Crippen LogP contribution in [-0.2, 0) is 0 Å². The number of benzene rings is 2. The second kappa shape index (κ2) is 6.51. The van der Waals surface area contributed by atoms with Gasteiger partial charge in [-0.1, -0.05) is 60.7 Å². The van der Waals surface area contributed by atoms with Gasteiger partial charge in [0.25, 0.3) is 0 Å². The maximum atomic E-state index is 9.58. The number of allylic oxidation sites excluding steroid dienone is 1. The normalized spacial score (nSPS) is 11.0. The van der Waals surface area contributed by atoms with Crippen molar-refractivity contribution in [2.45, 2.75) is 0 Å². The SMILES string of the molecule is N#CC(=Cc1ccccc1)c1ccccc1-c1cccnc1. The summed E-state index contributed by atoms with van der Waals surface area (Å²) in [5.74, 6) is 0. The number of hydrogen-bond donors (Lipinski definition) is 0. The number of nitriles is 1. The van der Waals surface area contributed by atoms with E-state index < -0.39 is 0 Å². The highest BCUT2D eigenvalue weighted by Gasteiger charge is 2.09. The summed E-state index contributed by atoms with van der Waals surface area (Å²) in [6, 6.07) is 24.0. The largest absolute Gasteiger partial charge is 0.264 e. The van der Waals surface area contributed by atoms with Gasteiger partial charge in [0, 0.05) is 23.5 Å². The summed E-state index contributed by atoms with van der Waals surface area (Å²) in [4.78, 5) is 4.17. The third kappa shape index (κ3) is 2.94. The number of hydrogen-bond acceptors (Lipinski definition) is 2. The maximum absolute atomic E-state index is 9.58. The van der Waals surface area contributed by atoms with Gasteiger partial charge in [-0.15, -0.1) is 0 Å². The van der Waals surface area contributed by atoms with Gasteiger partial charge in [0.2, 0.25) is 0 Å². The average molecular weight is 282 g/mol. The molecular formula is C20H14N2. The van der Waals surface area contributed by atoms with Crippen LogP contribution in [-0.4, -0.2) is 4.98 Å². The summed E-state index contributed by atoms with van der Waals surface area (Å²) >= 11 is 0. The minimum atomic E-state index is 0.644. The predicted molar refractivity (Wildman–Crippen MR) is 89.6 cm³/mol. The van der Waals surface area contributed by atoms with Crippen molar-refractivity contribution in [1.82, 2.24) is 4.98 Å². The van der Waals surface area contributed by atoms with Crippen molar-refractivity contribution in [1.29, 1.82) is 5.26 Å². The zero-order valence-corrected chi connectivity index (χ0v) is 12.0. The molecule has 104 valence electrons. The molecule has 0 saturated heterocycles. The molecule has 0 aliphatic rings. The van der Waals surface area contributed by atoms with E-state index in [2.05, 4.69) is 11.1 Å². The van der Waals surface area contributed by atoms with Crippen LogP contribution in [0.3, 0.4) is 0 Å². The van der Waals surface area contributed by atoms with Gasteiger partial charge in [0.05, 0.1) is 11.6 Å². The van der Waals surface area contributed by atoms with Crippen LogP contribution in [0.15, 0.2) is 79.1 Å². The Labute approximate surface area is 130 Å². The Morgan fingerprint density at radius 1 is 0.909 bits per heavy atom. The molecule has 0 saturated carbocycles. The number of aromatic nitrogens is 1. The van der Waals surface area contributed by atoms with Crippen LogP contribution >= 0.6 is 0 Å². The van der Waals surface area contributed by atoms with Crippen molar-refractivity contribution in [2.24, 2.45) is 0 Å². The Hall–Kier alpha value is -3.18. The van der Waals surface area contributed by atoms with Crippen LogP contribution < -0.4 is 0 Å². The molecule has 0 amide bonds. The second-order valence-corrected chi connectivity index (χ2v) is 4.87. The third-order valence-electron chi connectivity index (χ3n) is 3.42. The first-order valence-electron chi connectivity index (χ1n) is 7.05. The van der Waals surface area contributed by atoms with Gasteiger partial charge in [-0.05, 0) is 23.3 Å². The van der Waals surface area contributed by atoms with Gasteiger partial charge in [-0.25, -0.2) is 0 Å². The Bertz CT molecular complexity index is 828. The van der Waals surface area contributed by atoms with Crippen LogP contribution in [0.2, 0.25) is 0 Å². The van der Waals surface area contributed by atoms with Crippen LogP contribution in [0, 0.1) is 11.3 Å². The lowest BCUT2D eigenvalue weighted by Crippen LogP contribution is -1.89. The van der Waals surface area contributed by atoms with Crippen molar-refractivity contribution in [3.8, 4) is 17.2 Å². The molecule has 0 radical (unpaired) electrons. The molecular weight excluding hydrogens is 268 g/mol. The molecule has 3 rings (SSSR count). The van der Waals surface area contributed by atoms with E-state index in [0.717, 1.165) is 22.3 Å². The lowest BCUT2D eigenvalue weighted by molar-refractivity contribution is 1.33. The van der Waals surface area contributed by atoms with Gasteiger partial charge >= 0.3 is 0 Å². The Balaban J connectivity index is 2.12. The molecule has 0 N–H and O–H groups in total.